The van der Waals surface area contributed by atoms with Gasteiger partial charge in [0.05, 0.1) is 11.1 Å². The van der Waals surface area contributed by atoms with Gasteiger partial charge in [0, 0.05) is 33.0 Å². The molecule has 0 unspecified atom stereocenters. The van der Waals surface area contributed by atoms with Gasteiger partial charge in [-0.15, -0.1) is 0 Å². The highest BCUT2D eigenvalue weighted by atomic mass is 19.4. The van der Waals surface area contributed by atoms with Crippen molar-refractivity contribution in [3.05, 3.63) is 34.3 Å². The number of oxazole rings is 1. The van der Waals surface area contributed by atoms with E-state index in [2.05, 4.69) is 10.1 Å². The second-order valence-corrected chi connectivity index (χ2v) is 5.86. The number of nitrogens with one attached hydrogen (secondary N) is 1. The molecule has 1 N–H and O–H groups in total. The van der Waals surface area contributed by atoms with E-state index in [0.29, 0.717) is 5.52 Å². The van der Waals surface area contributed by atoms with E-state index in [1.54, 1.807) is 12.1 Å². The fourth-order valence-corrected chi connectivity index (χ4v) is 2.94. The molecule has 1 saturated carbocycles. The van der Waals surface area contributed by atoms with Crippen LogP contribution in [0.4, 0.5) is 13.2 Å². The number of carbonyl (C=O) groups is 1. The third-order valence-electron chi connectivity index (χ3n) is 4.46. The summed E-state index contributed by atoms with van der Waals surface area (Å²) in [6.07, 6.45) is -5.20. The Balaban J connectivity index is 1.78. The lowest BCUT2D eigenvalue weighted by molar-refractivity contribution is -0.301. The van der Waals surface area contributed by atoms with Crippen molar-refractivity contribution in [2.75, 3.05) is 7.11 Å². The average molecular weight is 344 g/mol. The van der Waals surface area contributed by atoms with Gasteiger partial charge >= 0.3 is 11.9 Å². The SMILES string of the molecule is COC1(C(F)(F)F)CC(NC(=O)c2cccc3c2oc(=O)n3C)C1. The lowest BCUT2D eigenvalue weighted by Gasteiger charge is -2.47. The van der Waals surface area contributed by atoms with E-state index >= 15 is 0 Å². The Morgan fingerprint density at radius 1 is 1.42 bits per heavy atom. The zero-order chi connectivity index (χ0) is 17.7. The van der Waals surface area contributed by atoms with E-state index in [-0.39, 0.29) is 24.0 Å². The predicted molar refractivity (Wildman–Crippen MR) is 77.7 cm³/mol. The summed E-state index contributed by atoms with van der Waals surface area (Å²) in [5.41, 5.74) is -1.57. The molecule has 0 saturated heterocycles. The number of rotatable bonds is 3. The number of amides is 1. The van der Waals surface area contributed by atoms with E-state index in [1.807, 2.05) is 0 Å². The van der Waals surface area contributed by atoms with Crippen molar-refractivity contribution >= 4 is 17.0 Å². The van der Waals surface area contributed by atoms with Gasteiger partial charge in [0.1, 0.15) is 0 Å². The van der Waals surface area contributed by atoms with Crippen molar-refractivity contribution in [1.82, 2.24) is 9.88 Å². The quantitative estimate of drug-likeness (QED) is 0.924. The van der Waals surface area contributed by atoms with E-state index in [4.69, 9.17) is 4.42 Å². The molecule has 2 aromatic rings. The molecule has 1 fully saturated rings. The summed E-state index contributed by atoms with van der Waals surface area (Å²) in [7, 11) is 2.50. The minimum absolute atomic E-state index is 0.104. The van der Waals surface area contributed by atoms with Crippen LogP contribution in [0.15, 0.2) is 27.4 Å². The van der Waals surface area contributed by atoms with Crippen LogP contribution in [0.1, 0.15) is 23.2 Å². The number of ether oxygens (including phenoxy) is 1. The van der Waals surface area contributed by atoms with Crippen LogP contribution in [0.2, 0.25) is 0 Å². The first kappa shape index (κ1) is 16.6. The number of methoxy groups -OCH3 is 1. The van der Waals surface area contributed by atoms with E-state index in [1.165, 1.54) is 17.7 Å². The number of fused-ring (bicyclic) bond motifs is 1. The van der Waals surface area contributed by atoms with Crippen LogP contribution in [0, 0.1) is 0 Å². The molecule has 1 aliphatic rings. The first-order valence-corrected chi connectivity index (χ1v) is 7.20. The number of aryl methyl sites for hydroxylation is 1. The normalized spacial score (nSPS) is 24.0. The van der Waals surface area contributed by atoms with Crippen LogP contribution in [-0.2, 0) is 11.8 Å². The number of alkyl halides is 3. The highest BCUT2D eigenvalue weighted by Gasteiger charge is 2.63. The Labute approximate surface area is 134 Å². The number of aromatic nitrogens is 1. The smallest absolute Gasteiger partial charge is 0.407 e. The topological polar surface area (TPSA) is 73.5 Å². The van der Waals surface area contributed by atoms with E-state index in [0.717, 1.165) is 7.11 Å². The molecule has 1 heterocycles. The zero-order valence-electron chi connectivity index (χ0n) is 12.9. The van der Waals surface area contributed by atoms with E-state index < -0.39 is 29.5 Å². The standard InChI is InChI=1S/C15H15F3N2O4/c1-20-10-5-3-4-9(11(10)24-13(20)22)12(21)19-8-6-14(7-8,23-2)15(16,17)18/h3-5,8H,6-7H2,1-2H3,(H,19,21). The van der Waals surface area contributed by atoms with Crippen molar-refractivity contribution < 1.29 is 27.1 Å². The lowest BCUT2D eigenvalue weighted by atomic mass is 9.74. The maximum absolute atomic E-state index is 13.0. The molecule has 24 heavy (non-hydrogen) atoms. The van der Waals surface area contributed by atoms with Gasteiger partial charge in [0.15, 0.2) is 11.2 Å². The summed E-state index contributed by atoms with van der Waals surface area (Å²) >= 11 is 0. The second kappa shape index (κ2) is 5.37. The number of para-hydroxylation sites is 1. The number of benzene rings is 1. The van der Waals surface area contributed by atoms with Crippen LogP contribution in [0.5, 0.6) is 0 Å². The average Bonchev–Trinajstić information content (AvgIpc) is 2.76. The molecular weight excluding hydrogens is 329 g/mol. The van der Waals surface area contributed by atoms with E-state index in [9.17, 15) is 22.8 Å². The number of carbonyl (C=O) groups excluding carboxylic acids is 1. The van der Waals surface area contributed by atoms with Gasteiger partial charge in [-0.05, 0) is 12.1 Å². The molecule has 0 atom stereocenters. The van der Waals surface area contributed by atoms with Gasteiger partial charge in [-0.25, -0.2) is 4.79 Å². The molecule has 6 nitrogen and oxygen atoms in total. The first-order chi connectivity index (χ1) is 11.2. The molecule has 0 spiro atoms. The number of hydrogen-bond acceptors (Lipinski definition) is 4. The lowest BCUT2D eigenvalue weighted by Crippen LogP contribution is -2.63. The van der Waals surface area contributed by atoms with Crippen LogP contribution >= 0.6 is 0 Å². The molecule has 0 aliphatic heterocycles. The molecule has 1 amide bonds. The predicted octanol–water partition coefficient (Wildman–Crippen LogP) is 1.97. The van der Waals surface area contributed by atoms with Crippen molar-refractivity contribution in [3.63, 3.8) is 0 Å². The summed E-state index contributed by atoms with van der Waals surface area (Å²) in [5, 5.41) is 2.52. The number of hydrogen-bond donors (Lipinski definition) is 1. The van der Waals surface area contributed by atoms with Crippen LogP contribution < -0.4 is 11.1 Å². The first-order valence-electron chi connectivity index (χ1n) is 7.20. The molecule has 1 aliphatic carbocycles. The van der Waals surface area contributed by atoms with Crippen LogP contribution in [-0.4, -0.2) is 35.4 Å². The summed E-state index contributed by atoms with van der Waals surface area (Å²) in [6.45, 7) is 0. The fourth-order valence-electron chi connectivity index (χ4n) is 2.94. The summed E-state index contributed by atoms with van der Waals surface area (Å²) in [4.78, 5) is 23.9. The summed E-state index contributed by atoms with van der Waals surface area (Å²) < 4.78 is 49.8. The highest BCUT2D eigenvalue weighted by Crippen LogP contribution is 2.47. The molecule has 9 heteroatoms. The second-order valence-electron chi connectivity index (χ2n) is 5.86. The van der Waals surface area contributed by atoms with Crippen LogP contribution in [0.3, 0.4) is 0 Å². The molecule has 0 radical (unpaired) electrons. The minimum Gasteiger partial charge on any atom is -0.407 e. The van der Waals surface area contributed by atoms with Crippen molar-refractivity contribution in [3.8, 4) is 0 Å². The third-order valence-corrected chi connectivity index (χ3v) is 4.46. The Bertz CT molecular complexity index is 847. The van der Waals surface area contributed by atoms with Crippen molar-refractivity contribution in [2.24, 2.45) is 7.05 Å². The molecule has 1 aromatic carbocycles. The fraction of sp³-hybridized carbons (Fsp3) is 0.467. The van der Waals surface area contributed by atoms with Gasteiger partial charge in [-0.3, -0.25) is 9.36 Å². The highest BCUT2D eigenvalue weighted by molar-refractivity contribution is 6.04. The molecule has 130 valence electrons. The Morgan fingerprint density at radius 2 is 2.08 bits per heavy atom. The number of nitrogens with zero attached hydrogens (tertiary/aromatic N) is 1. The largest absolute Gasteiger partial charge is 0.419 e. The minimum atomic E-state index is -4.49. The van der Waals surface area contributed by atoms with Crippen molar-refractivity contribution in [1.29, 1.82) is 0 Å². The Kier molecular flexibility index (Phi) is 3.71. The Hall–Kier alpha value is -2.29. The zero-order valence-corrected chi connectivity index (χ0v) is 12.9. The summed E-state index contributed by atoms with van der Waals surface area (Å²) in [6, 6.07) is 3.97. The van der Waals surface area contributed by atoms with Crippen LogP contribution in [0.25, 0.3) is 11.1 Å². The van der Waals surface area contributed by atoms with Gasteiger partial charge in [-0.2, -0.15) is 13.2 Å². The van der Waals surface area contributed by atoms with Crippen molar-refractivity contribution in [2.45, 2.75) is 30.7 Å². The Morgan fingerprint density at radius 3 is 2.67 bits per heavy atom. The van der Waals surface area contributed by atoms with Gasteiger partial charge in [-0.1, -0.05) is 6.07 Å². The molecule has 1 aromatic heterocycles. The van der Waals surface area contributed by atoms with Gasteiger partial charge in [0.2, 0.25) is 0 Å². The number of halogens is 3. The van der Waals surface area contributed by atoms with Gasteiger partial charge in [0.25, 0.3) is 5.91 Å². The van der Waals surface area contributed by atoms with Gasteiger partial charge < -0.3 is 14.5 Å². The molecule has 3 rings (SSSR count). The molecular formula is C15H15F3N2O4. The monoisotopic (exact) mass is 344 g/mol. The molecule has 0 bridgehead atoms. The summed E-state index contributed by atoms with van der Waals surface area (Å²) in [5.74, 6) is -1.21. The third kappa shape index (κ3) is 2.39. The maximum Gasteiger partial charge on any atom is 0.419 e. The maximum atomic E-state index is 13.0.